The lowest BCUT2D eigenvalue weighted by atomic mass is 9.84. The number of rotatable bonds is 3. The topological polar surface area (TPSA) is 73.7 Å². The maximum Gasteiger partial charge on any atom is 0.326 e. The van der Waals surface area contributed by atoms with Crippen LogP contribution in [0.3, 0.4) is 0 Å². The van der Waals surface area contributed by atoms with Gasteiger partial charge in [-0.05, 0) is 37.3 Å². The van der Waals surface area contributed by atoms with E-state index in [9.17, 15) is 14.7 Å². The standard InChI is InChI=1S/C17H23N3O3/c1-19(2)15-8-7-12(10-18-15)16(21)20-13-6-4-3-5-11(13)9-14(20)17(22)23/h7-8,10-11,13-14H,3-6,9H2,1-2H3,(H,22,23)/t11-,13+,14-/m0/s1. The highest BCUT2D eigenvalue weighted by atomic mass is 16.4. The number of carbonyl (C=O) groups excluding carboxylic acids is 1. The fourth-order valence-electron chi connectivity index (χ4n) is 3.90. The van der Waals surface area contributed by atoms with Crippen molar-refractivity contribution in [2.75, 3.05) is 19.0 Å². The van der Waals surface area contributed by atoms with Crippen molar-refractivity contribution in [3.05, 3.63) is 23.9 Å². The molecule has 0 bridgehead atoms. The van der Waals surface area contributed by atoms with Crippen molar-refractivity contribution >= 4 is 17.7 Å². The van der Waals surface area contributed by atoms with E-state index in [1.165, 1.54) is 0 Å². The summed E-state index contributed by atoms with van der Waals surface area (Å²) in [5.41, 5.74) is 0.466. The Morgan fingerprint density at radius 1 is 1.26 bits per heavy atom. The largest absolute Gasteiger partial charge is 0.480 e. The molecule has 1 aromatic rings. The zero-order chi connectivity index (χ0) is 16.6. The number of carbonyl (C=O) groups is 2. The Morgan fingerprint density at radius 3 is 2.61 bits per heavy atom. The van der Waals surface area contributed by atoms with Gasteiger partial charge in [0.15, 0.2) is 0 Å². The SMILES string of the molecule is CN(C)c1ccc(C(=O)N2[C@@H]3CCCC[C@H]3C[C@H]2C(=O)O)cn1. The van der Waals surface area contributed by atoms with Gasteiger partial charge >= 0.3 is 5.97 Å². The molecule has 3 rings (SSSR count). The fourth-order valence-corrected chi connectivity index (χ4v) is 3.90. The van der Waals surface area contributed by atoms with E-state index in [2.05, 4.69) is 4.98 Å². The molecule has 6 heteroatoms. The van der Waals surface area contributed by atoms with Crippen LogP contribution < -0.4 is 4.90 Å². The van der Waals surface area contributed by atoms with Crippen LogP contribution >= 0.6 is 0 Å². The Balaban J connectivity index is 1.87. The number of carboxylic acid groups (broad SMARTS) is 1. The minimum absolute atomic E-state index is 0.0610. The number of pyridine rings is 1. The fraction of sp³-hybridized carbons (Fsp3) is 0.588. The highest BCUT2D eigenvalue weighted by Crippen LogP contribution is 2.40. The lowest BCUT2D eigenvalue weighted by Crippen LogP contribution is -2.46. The molecule has 2 aliphatic rings. The number of aromatic nitrogens is 1. The zero-order valence-electron chi connectivity index (χ0n) is 13.6. The second-order valence-electron chi connectivity index (χ2n) is 6.71. The van der Waals surface area contributed by atoms with Crippen molar-refractivity contribution in [2.45, 2.75) is 44.2 Å². The Kier molecular flexibility index (Phi) is 4.24. The number of carboxylic acids is 1. The zero-order valence-corrected chi connectivity index (χ0v) is 13.6. The first-order valence-electron chi connectivity index (χ1n) is 8.18. The minimum atomic E-state index is -0.898. The van der Waals surface area contributed by atoms with Gasteiger partial charge in [-0.2, -0.15) is 0 Å². The first-order valence-corrected chi connectivity index (χ1v) is 8.18. The molecule has 1 saturated carbocycles. The van der Waals surface area contributed by atoms with Crippen LogP contribution in [0, 0.1) is 5.92 Å². The molecule has 1 saturated heterocycles. The minimum Gasteiger partial charge on any atom is -0.480 e. The molecule has 0 aromatic carbocycles. The van der Waals surface area contributed by atoms with Gasteiger partial charge in [0.25, 0.3) is 5.91 Å². The third-order valence-electron chi connectivity index (χ3n) is 5.06. The van der Waals surface area contributed by atoms with Gasteiger partial charge in [-0.1, -0.05) is 12.8 Å². The molecule has 124 valence electrons. The first kappa shape index (κ1) is 15.8. The highest BCUT2D eigenvalue weighted by molar-refractivity contribution is 5.97. The number of aliphatic carboxylic acids is 1. The van der Waals surface area contributed by atoms with Gasteiger partial charge in [0.05, 0.1) is 5.56 Å². The molecular formula is C17H23N3O3. The summed E-state index contributed by atoms with van der Waals surface area (Å²) in [4.78, 5) is 32.3. The van der Waals surface area contributed by atoms with Crippen LogP contribution in [-0.4, -0.2) is 53.0 Å². The average molecular weight is 317 g/mol. The van der Waals surface area contributed by atoms with Crippen molar-refractivity contribution in [3.8, 4) is 0 Å². The van der Waals surface area contributed by atoms with E-state index >= 15 is 0 Å². The lowest BCUT2D eigenvalue weighted by molar-refractivity contribution is -0.141. The Bertz CT molecular complexity index is 600. The molecule has 1 N–H and O–H groups in total. The van der Waals surface area contributed by atoms with Gasteiger partial charge in [0, 0.05) is 26.3 Å². The second-order valence-corrected chi connectivity index (χ2v) is 6.71. The molecular weight excluding hydrogens is 294 g/mol. The molecule has 1 aromatic heterocycles. The van der Waals surface area contributed by atoms with Crippen LogP contribution in [0.15, 0.2) is 18.3 Å². The summed E-state index contributed by atoms with van der Waals surface area (Å²) in [6.07, 6.45) is 6.25. The quantitative estimate of drug-likeness (QED) is 0.923. The summed E-state index contributed by atoms with van der Waals surface area (Å²) in [5.74, 6) is -0.00802. The number of nitrogens with zero attached hydrogens (tertiary/aromatic N) is 3. The predicted octanol–water partition coefficient (Wildman–Crippen LogP) is 2.01. The summed E-state index contributed by atoms with van der Waals surface area (Å²) >= 11 is 0. The maximum absolute atomic E-state index is 12.9. The van der Waals surface area contributed by atoms with Gasteiger partial charge in [-0.25, -0.2) is 9.78 Å². The maximum atomic E-state index is 12.9. The van der Waals surface area contributed by atoms with Crippen molar-refractivity contribution in [3.63, 3.8) is 0 Å². The van der Waals surface area contributed by atoms with E-state index in [1.54, 1.807) is 23.2 Å². The van der Waals surface area contributed by atoms with E-state index in [0.29, 0.717) is 17.9 Å². The second kappa shape index (κ2) is 6.18. The average Bonchev–Trinajstić information content (AvgIpc) is 2.94. The van der Waals surface area contributed by atoms with Gasteiger partial charge in [0.2, 0.25) is 0 Å². The van der Waals surface area contributed by atoms with E-state index in [1.807, 2.05) is 19.0 Å². The Morgan fingerprint density at radius 2 is 2.00 bits per heavy atom. The number of hydrogen-bond donors (Lipinski definition) is 1. The molecule has 1 amide bonds. The molecule has 1 aliphatic carbocycles. The third kappa shape index (κ3) is 2.90. The smallest absolute Gasteiger partial charge is 0.326 e. The number of fused-ring (bicyclic) bond motifs is 1. The van der Waals surface area contributed by atoms with Crippen LogP contribution in [0.1, 0.15) is 42.5 Å². The van der Waals surface area contributed by atoms with Crippen LogP contribution in [-0.2, 0) is 4.79 Å². The summed E-state index contributed by atoms with van der Waals surface area (Å²) < 4.78 is 0. The van der Waals surface area contributed by atoms with Crippen LogP contribution in [0.5, 0.6) is 0 Å². The molecule has 0 unspecified atom stereocenters. The molecule has 0 radical (unpaired) electrons. The molecule has 0 spiro atoms. The monoisotopic (exact) mass is 317 g/mol. The molecule has 23 heavy (non-hydrogen) atoms. The van der Waals surface area contributed by atoms with Gasteiger partial charge in [-0.15, -0.1) is 0 Å². The molecule has 3 atom stereocenters. The van der Waals surface area contributed by atoms with E-state index < -0.39 is 12.0 Å². The third-order valence-corrected chi connectivity index (χ3v) is 5.06. The number of hydrogen-bond acceptors (Lipinski definition) is 4. The Labute approximate surface area is 136 Å². The van der Waals surface area contributed by atoms with Crippen molar-refractivity contribution < 1.29 is 14.7 Å². The van der Waals surface area contributed by atoms with Crippen molar-refractivity contribution in [2.24, 2.45) is 5.92 Å². The molecule has 2 fully saturated rings. The van der Waals surface area contributed by atoms with E-state index in [0.717, 1.165) is 31.5 Å². The van der Waals surface area contributed by atoms with Crippen LogP contribution in [0.4, 0.5) is 5.82 Å². The number of likely N-dealkylation sites (tertiary alicyclic amines) is 1. The Hall–Kier alpha value is -2.11. The summed E-state index contributed by atoms with van der Waals surface area (Å²) in [7, 11) is 3.77. The summed E-state index contributed by atoms with van der Waals surface area (Å²) in [6, 6.07) is 2.88. The van der Waals surface area contributed by atoms with Gasteiger partial charge < -0.3 is 14.9 Å². The highest BCUT2D eigenvalue weighted by Gasteiger charge is 2.47. The van der Waals surface area contributed by atoms with Crippen LogP contribution in [0.25, 0.3) is 0 Å². The lowest BCUT2D eigenvalue weighted by Gasteiger charge is -2.33. The number of anilines is 1. The molecule has 2 heterocycles. The molecule has 6 nitrogen and oxygen atoms in total. The summed E-state index contributed by atoms with van der Waals surface area (Å²) in [5, 5.41) is 9.53. The predicted molar refractivity (Wildman–Crippen MR) is 86.5 cm³/mol. The van der Waals surface area contributed by atoms with E-state index in [4.69, 9.17) is 0 Å². The number of amides is 1. The van der Waals surface area contributed by atoms with Crippen molar-refractivity contribution in [1.29, 1.82) is 0 Å². The van der Waals surface area contributed by atoms with Crippen molar-refractivity contribution in [1.82, 2.24) is 9.88 Å². The molecule has 1 aliphatic heterocycles. The van der Waals surface area contributed by atoms with Crippen LogP contribution in [0.2, 0.25) is 0 Å². The first-order chi connectivity index (χ1) is 11.0. The van der Waals surface area contributed by atoms with E-state index in [-0.39, 0.29) is 11.9 Å². The van der Waals surface area contributed by atoms with Gasteiger partial charge in [0.1, 0.15) is 11.9 Å². The van der Waals surface area contributed by atoms with Gasteiger partial charge in [-0.3, -0.25) is 4.79 Å². The summed E-state index contributed by atoms with van der Waals surface area (Å²) in [6.45, 7) is 0. The normalized spacial score (nSPS) is 26.7.